The second-order valence-electron chi connectivity index (χ2n) is 4.47. The quantitative estimate of drug-likeness (QED) is 0.749. The van der Waals surface area contributed by atoms with Crippen molar-refractivity contribution in [3.8, 4) is 0 Å². The normalized spacial score (nSPS) is 11.8. The predicted octanol–water partition coefficient (Wildman–Crippen LogP) is 0.708. The van der Waals surface area contributed by atoms with Crippen LogP contribution in [0.4, 0.5) is 0 Å². The highest BCUT2D eigenvalue weighted by Crippen LogP contribution is 2.03. The molecule has 5 heteroatoms. The number of carbonyl (C=O) groups excluding carboxylic acids is 1. The molecular weight excluding hydrogens is 256 g/mol. The first-order valence-corrected chi connectivity index (χ1v) is 6.34. The number of benzene rings is 1. The van der Waals surface area contributed by atoms with Crippen molar-refractivity contribution >= 4 is 5.91 Å². The molecule has 0 unspecified atom stereocenters. The van der Waals surface area contributed by atoms with Crippen LogP contribution in [0.3, 0.4) is 0 Å². The minimum absolute atomic E-state index is 0.169. The molecule has 0 aliphatic heterocycles. The number of hydrogen-bond acceptors (Lipinski definition) is 3. The van der Waals surface area contributed by atoms with Crippen molar-refractivity contribution in [2.24, 2.45) is 0 Å². The van der Waals surface area contributed by atoms with E-state index >= 15 is 0 Å². The molecule has 0 aliphatic carbocycles. The summed E-state index contributed by atoms with van der Waals surface area (Å²) in [6, 6.07) is 13.6. The van der Waals surface area contributed by atoms with Gasteiger partial charge in [0.25, 0.3) is 5.91 Å². The van der Waals surface area contributed by atoms with E-state index < -0.39 is 11.9 Å². The van der Waals surface area contributed by atoms with Crippen molar-refractivity contribution in [2.45, 2.75) is 12.5 Å². The van der Waals surface area contributed by atoms with Crippen molar-refractivity contribution in [2.75, 3.05) is 6.61 Å². The summed E-state index contributed by atoms with van der Waals surface area (Å²) in [6.45, 7) is -0.169. The second-order valence-corrected chi connectivity index (χ2v) is 4.47. The van der Waals surface area contributed by atoms with Gasteiger partial charge < -0.3 is 15.4 Å². The van der Waals surface area contributed by atoms with Gasteiger partial charge in [0, 0.05) is 6.07 Å². The SMILES string of the molecule is O=C(N[C@H](CO)Cc1ccccc1)c1cccc(=O)[nH]1. The Hall–Kier alpha value is -2.40. The predicted molar refractivity (Wildman–Crippen MR) is 75.5 cm³/mol. The molecule has 1 aromatic heterocycles. The Morgan fingerprint density at radius 1 is 1.15 bits per heavy atom. The van der Waals surface area contributed by atoms with Gasteiger partial charge in [0.2, 0.25) is 5.56 Å². The van der Waals surface area contributed by atoms with E-state index in [0.29, 0.717) is 6.42 Å². The fraction of sp³-hybridized carbons (Fsp3) is 0.200. The Morgan fingerprint density at radius 3 is 2.55 bits per heavy atom. The number of aliphatic hydroxyl groups excluding tert-OH is 1. The lowest BCUT2D eigenvalue weighted by atomic mass is 10.1. The highest BCUT2D eigenvalue weighted by molar-refractivity contribution is 5.92. The third-order valence-corrected chi connectivity index (χ3v) is 2.89. The van der Waals surface area contributed by atoms with Gasteiger partial charge in [-0.1, -0.05) is 36.4 Å². The fourth-order valence-corrected chi connectivity index (χ4v) is 1.90. The number of aromatic nitrogens is 1. The molecule has 0 aliphatic rings. The van der Waals surface area contributed by atoms with Crippen LogP contribution in [0.25, 0.3) is 0 Å². The molecule has 1 aromatic carbocycles. The average Bonchev–Trinajstić information content (AvgIpc) is 2.47. The van der Waals surface area contributed by atoms with Gasteiger partial charge in [-0.25, -0.2) is 0 Å². The molecule has 2 aromatic rings. The fourth-order valence-electron chi connectivity index (χ4n) is 1.90. The molecule has 1 heterocycles. The number of nitrogens with one attached hydrogen (secondary N) is 2. The summed E-state index contributed by atoms with van der Waals surface area (Å²) >= 11 is 0. The maximum atomic E-state index is 12.0. The van der Waals surface area contributed by atoms with E-state index in [2.05, 4.69) is 10.3 Å². The summed E-state index contributed by atoms with van der Waals surface area (Å²) in [7, 11) is 0. The molecule has 0 saturated carbocycles. The topological polar surface area (TPSA) is 82.2 Å². The van der Waals surface area contributed by atoms with Gasteiger partial charge in [-0.2, -0.15) is 0 Å². The van der Waals surface area contributed by atoms with E-state index in [-0.39, 0.29) is 17.9 Å². The Kier molecular flexibility index (Phi) is 4.68. The minimum atomic E-state index is -0.405. The zero-order valence-corrected chi connectivity index (χ0v) is 10.9. The number of pyridine rings is 1. The minimum Gasteiger partial charge on any atom is -0.394 e. The zero-order chi connectivity index (χ0) is 14.4. The number of aromatic amines is 1. The average molecular weight is 272 g/mol. The molecule has 3 N–H and O–H groups in total. The van der Waals surface area contributed by atoms with Crippen LogP contribution in [0.5, 0.6) is 0 Å². The number of aliphatic hydroxyl groups is 1. The van der Waals surface area contributed by atoms with E-state index in [9.17, 15) is 14.7 Å². The molecule has 0 spiro atoms. The summed E-state index contributed by atoms with van der Waals surface area (Å²) in [5.74, 6) is -0.405. The van der Waals surface area contributed by atoms with E-state index in [1.54, 1.807) is 0 Å². The summed E-state index contributed by atoms with van der Waals surface area (Å²) in [4.78, 5) is 25.6. The third-order valence-electron chi connectivity index (χ3n) is 2.89. The van der Waals surface area contributed by atoms with Crippen LogP contribution in [0.1, 0.15) is 16.1 Å². The lowest BCUT2D eigenvalue weighted by Crippen LogP contribution is -2.39. The molecule has 0 bridgehead atoms. The van der Waals surface area contributed by atoms with Crippen LogP contribution < -0.4 is 10.9 Å². The van der Waals surface area contributed by atoms with Crippen molar-refractivity contribution in [1.29, 1.82) is 0 Å². The molecular formula is C15H16N2O3. The monoisotopic (exact) mass is 272 g/mol. The van der Waals surface area contributed by atoms with Crippen molar-refractivity contribution in [3.63, 3.8) is 0 Å². The lowest BCUT2D eigenvalue weighted by Gasteiger charge is -2.16. The van der Waals surface area contributed by atoms with E-state index in [1.807, 2.05) is 30.3 Å². The van der Waals surface area contributed by atoms with Gasteiger partial charge in [-0.05, 0) is 18.1 Å². The number of H-pyrrole nitrogens is 1. The smallest absolute Gasteiger partial charge is 0.268 e. The highest BCUT2D eigenvalue weighted by Gasteiger charge is 2.14. The first-order valence-electron chi connectivity index (χ1n) is 6.34. The summed E-state index contributed by atoms with van der Waals surface area (Å²) in [5.41, 5.74) is 0.874. The largest absolute Gasteiger partial charge is 0.394 e. The maximum Gasteiger partial charge on any atom is 0.268 e. The Morgan fingerprint density at radius 2 is 1.90 bits per heavy atom. The standard InChI is InChI=1S/C15H16N2O3/c18-10-12(9-11-5-2-1-3-6-11)16-15(20)13-7-4-8-14(19)17-13/h1-8,12,18H,9-10H2,(H,16,20)(H,17,19)/t12-/m0/s1. The Labute approximate surface area is 116 Å². The molecule has 1 amide bonds. The van der Waals surface area contributed by atoms with Crippen LogP contribution in [-0.2, 0) is 6.42 Å². The van der Waals surface area contributed by atoms with Crippen molar-refractivity contribution in [1.82, 2.24) is 10.3 Å². The van der Waals surface area contributed by atoms with Crippen LogP contribution in [0.15, 0.2) is 53.3 Å². The van der Waals surface area contributed by atoms with Crippen LogP contribution >= 0.6 is 0 Å². The van der Waals surface area contributed by atoms with E-state index in [1.165, 1.54) is 18.2 Å². The molecule has 20 heavy (non-hydrogen) atoms. The Bertz CT molecular complexity index is 622. The van der Waals surface area contributed by atoms with Gasteiger partial charge in [0.15, 0.2) is 0 Å². The van der Waals surface area contributed by atoms with Crippen LogP contribution in [0, 0.1) is 0 Å². The van der Waals surface area contributed by atoms with Crippen LogP contribution in [0.2, 0.25) is 0 Å². The molecule has 104 valence electrons. The lowest BCUT2D eigenvalue weighted by molar-refractivity contribution is 0.0911. The van der Waals surface area contributed by atoms with Gasteiger partial charge in [-0.15, -0.1) is 0 Å². The number of rotatable bonds is 5. The zero-order valence-electron chi connectivity index (χ0n) is 10.9. The van der Waals surface area contributed by atoms with Gasteiger partial charge in [0.05, 0.1) is 12.6 Å². The van der Waals surface area contributed by atoms with Gasteiger partial charge >= 0.3 is 0 Å². The molecule has 1 atom stereocenters. The first kappa shape index (κ1) is 14.0. The van der Waals surface area contributed by atoms with E-state index in [4.69, 9.17) is 0 Å². The summed E-state index contributed by atoms with van der Waals surface area (Å²) in [5, 5.41) is 12.1. The summed E-state index contributed by atoms with van der Waals surface area (Å²) < 4.78 is 0. The van der Waals surface area contributed by atoms with Crippen molar-refractivity contribution < 1.29 is 9.90 Å². The molecule has 0 radical (unpaired) electrons. The first-order chi connectivity index (χ1) is 9.69. The number of carbonyl (C=O) groups is 1. The number of hydrogen-bond donors (Lipinski definition) is 3. The molecule has 0 saturated heterocycles. The third kappa shape index (κ3) is 3.80. The maximum absolute atomic E-state index is 12.0. The van der Waals surface area contributed by atoms with Gasteiger partial charge in [-0.3, -0.25) is 9.59 Å². The number of amides is 1. The second kappa shape index (κ2) is 6.68. The highest BCUT2D eigenvalue weighted by atomic mass is 16.3. The molecule has 0 fully saturated rings. The van der Waals surface area contributed by atoms with Gasteiger partial charge in [0.1, 0.15) is 5.69 Å². The summed E-state index contributed by atoms with van der Waals surface area (Å²) in [6.07, 6.45) is 0.528. The van der Waals surface area contributed by atoms with E-state index in [0.717, 1.165) is 5.56 Å². The van der Waals surface area contributed by atoms with Crippen molar-refractivity contribution in [3.05, 3.63) is 70.1 Å². The van der Waals surface area contributed by atoms with Crippen LogP contribution in [-0.4, -0.2) is 28.6 Å². The molecule has 5 nitrogen and oxygen atoms in total. The molecule has 2 rings (SSSR count). The Balaban J connectivity index is 2.03.